The third-order valence-electron chi connectivity index (χ3n) is 2.04. The van der Waals surface area contributed by atoms with E-state index in [9.17, 15) is 0 Å². The van der Waals surface area contributed by atoms with E-state index in [1.54, 1.807) is 10.9 Å². The summed E-state index contributed by atoms with van der Waals surface area (Å²) in [6, 6.07) is 0.263. The molecule has 0 amide bonds. The molecule has 0 unspecified atom stereocenters. The Kier molecular flexibility index (Phi) is 3.17. The van der Waals surface area contributed by atoms with Gasteiger partial charge in [-0.2, -0.15) is 20.1 Å². The monoisotopic (exact) mass is 234 g/mol. The molecule has 2 aromatic heterocycles. The van der Waals surface area contributed by atoms with Crippen LogP contribution in [0.4, 0.5) is 5.95 Å². The molecule has 0 atom stereocenters. The summed E-state index contributed by atoms with van der Waals surface area (Å²) in [5.41, 5.74) is 1.04. The maximum atomic E-state index is 5.03. The Balaban J connectivity index is 2.42. The van der Waals surface area contributed by atoms with E-state index in [0.717, 1.165) is 12.1 Å². The summed E-state index contributed by atoms with van der Waals surface area (Å²) in [5.74, 6) is 0.906. The molecule has 0 fully saturated rings. The summed E-state index contributed by atoms with van der Waals surface area (Å²) in [6.45, 7) is 4.64. The maximum Gasteiger partial charge on any atom is 0.322 e. The lowest BCUT2D eigenvalue weighted by molar-refractivity contribution is 0.377. The summed E-state index contributed by atoms with van der Waals surface area (Å²) in [6.07, 6.45) is 3.58. The number of ether oxygens (including phenoxy) is 1. The molecule has 2 rings (SSSR count). The van der Waals surface area contributed by atoms with Crippen LogP contribution in [0.5, 0.6) is 6.01 Å². The molecule has 0 saturated carbocycles. The lowest BCUT2D eigenvalue weighted by atomic mass is 10.4. The smallest absolute Gasteiger partial charge is 0.322 e. The zero-order chi connectivity index (χ0) is 12.3. The molecule has 2 heterocycles. The number of aryl methyl sites for hydroxylation is 1. The van der Waals surface area contributed by atoms with E-state index < -0.39 is 0 Å². The van der Waals surface area contributed by atoms with E-state index in [2.05, 4.69) is 25.4 Å². The van der Waals surface area contributed by atoms with Gasteiger partial charge in [-0.05, 0) is 19.4 Å². The molecule has 2 aromatic rings. The number of aromatic nitrogens is 5. The van der Waals surface area contributed by atoms with Crippen LogP contribution in [0.1, 0.15) is 12.5 Å². The van der Waals surface area contributed by atoms with Gasteiger partial charge in [-0.1, -0.05) is 0 Å². The average Bonchev–Trinajstić information content (AvgIpc) is 2.76. The van der Waals surface area contributed by atoms with Crippen LogP contribution in [0.15, 0.2) is 12.4 Å². The van der Waals surface area contributed by atoms with Crippen molar-refractivity contribution in [3.63, 3.8) is 0 Å². The van der Waals surface area contributed by atoms with Gasteiger partial charge in [0.15, 0.2) is 0 Å². The second kappa shape index (κ2) is 4.77. The number of anilines is 1. The minimum atomic E-state index is 0.263. The molecule has 1 N–H and O–H groups in total. The molecule has 0 saturated heterocycles. The Hall–Kier alpha value is -2.18. The zero-order valence-corrected chi connectivity index (χ0v) is 10.0. The third-order valence-corrected chi connectivity index (χ3v) is 2.04. The summed E-state index contributed by atoms with van der Waals surface area (Å²) in [4.78, 5) is 12.5. The highest BCUT2D eigenvalue weighted by Gasteiger charge is 2.08. The van der Waals surface area contributed by atoms with Gasteiger partial charge in [0, 0.05) is 12.7 Å². The molecule has 0 spiro atoms. The normalized spacial score (nSPS) is 10.3. The molecule has 0 bridgehead atoms. The van der Waals surface area contributed by atoms with Crippen LogP contribution in [0.25, 0.3) is 5.95 Å². The van der Waals surface area contributed by atoms with Crippen molar-refractivity contribution < 1.29 is 4.74 Å². The number of hydrogen-bond acceptors (Lipinski definition) is 6. The van der Waals surface area contributed by atoms with Crippen molar-refractivity contribution in [1.29, 1.82) is 0 Å². The van der Waals surface area contributed by atoms with Crippen LogP contribution in [0, 0.1) is 6.92 Å². The van der Waals surface area contributed by atoms with Crippen molar-refractivity contribution in [3.8, 4) is 12.0 Å². The molecule has 0 radical (unpaired) electrons. The van der Waals surface area contributed by atoms with Gasteiger partial charge in [-0.3, -0.25) is 0 Å². The molecule has 7 nitrogen and oxygen atoms in total. The topological polar surface area (TPSA) is 77.8 Å². The first-order chi connectivity index (χ1) is 8.22. The van der Waals surface area contributed by atoms with Gasteiger partial charge in [0.1, 0.15) is 0 Å². The number of nitrogens with one attached hydrogen (secondary N) is 1. The van der Waals surface area contributed by atoms with Gasteiger partial charge in [0.25, 0.3) is 5.95 Å². The van der Waals surface area contributed by atoms with Crippen molar-refractivity contribution in [3.05, 3.63) is 18.0 Å². The number of rotatable bonds is 4. The first-order valence-corrected chi connectivity index (χ1v) is 5.28. The fraction of sp³-hybridized carbons (Fsp3) is 0.400. The van der Waals surface area contributed by atoms with E-state index >= 15 is 0 Å². The summed E-state index contributed by atoms with van der Waals surface area (Å²) in [5, 5.41) is 7.16. The van der Waals surface area contributed by atoms with Gasteiger partial charge in [-0.25, -0.2) is 4.68 Å². The standard InChI is InChI=1S/C10H14N6O/c1-4-11-8-13-9(15-10(14-8)17-3)16-6-7(2)5-12-16/h5-6H,4H2,1-3H3,(H,11,13,14,15). The highest BCUT2D eigenvalue weighted by atomic mass is 16.5. The Morgan fingerprint density at radius 1 is 1.35 bits per heavy atom. The summed E-state index contributed by atoms with van der Waals surface area (Å²) >= 11 is 0. The minimum absolute atomic E-state index is 0.263. The molecule has 0 aromatic carbocycles. The van der Waals surface area contributed by atoms with Gasteiger partial charge in [-0.15, -0.1) is 0 Å². The molecule has 0 aliphatic rings. The second-order valence-corrected chi connectivity index (χ2v) is 3.44. The van der Waals surface area contributed by atoms with Gasteiger partial charge in [0.2, 0.25) is 5.95 Å². The highest BCUT2D eigenvalue weighted by molar-refractivity contribution is 5.30. The molecule has 90 valence electrons. The number of nitrogens with zero attached hydrogens (tertiary/aromatic N) is 5. The molecule has 0 aliphatic heterocycles. The van der Waals surface area contributed by atoms with E-state index in [-0.39, 0.29) is 6.01 Å². The second-order valence-electron chi connectivity index (χ2n) is 3.44. The van der Waals surface area contributed by atoms with Crippen LogP contribution in [0.3, 0.4) is 0 Å². The Morgan fingerprint density at radius 2 is 2.18 bits per heavy atom. The third kappa shape index (κ3) is 2.49. The first kappa shape index (κ1) is 11.3. The molecule has 17 heavy (non-hydrogen) atoms. The zero-order valence-electron chi connectivity index (χ0n) is 10.0. The van der Waals surface area contributed by atoms with Gasteiger partial charge >= 0.3 is 6.01 Å². The summed E-state index contributed by atoms with van der Waals surface area (Å²) in [7, 11) is 1.52. The largest absolute Gasteiger partial charge is 0.467 e. The van der Waals surface area contributed by atoms with E-state index in [1.165, 1.54) is 7.11 Å². The van der Waals surface area contributed by atoms with Crippen LogP contribution in [-0.4, -0.2) is 38.4 Å². The summed E-state index contributed by atoms with van der Waals surface area (Å²) < 4.78 is 6.61. The maximum absolute atomic E-state index is 5.03. The molecule has 0 aliphatic carbocycles. The quantitative estimate of drug-likeness (QED) is 0.843. The SMILES string of the molecule is CCNc1nc(OC)nc(-n2cc(C)cn2)n1. The van der Waals surface area contributed by atoms with Crippen molar-refractivity contribution in [1.82, 2.24) is 24.7 Å². The minimum Gasteiger partial charge on any atom is -0.467 e. The van der Waals surface area contributed by atoms with Crippen LogP contribution < -0.4 is 10.1 Å². The van der Waals surface area contributed by atoms with Crippen molar-refractivity contribution >= 4 is 5.95 Å². The van der Waals surface area contributed by atoms with Crippen molar-refractivity contribution in [2.45, 2.75) is 13.8 Å². The Bertz CT molecular complexity index is 509. The van der Waals surface area contributed by atoms with Crippen LogP contribution in [-0.2, 0) is 0 Å². The van der Waals surface area contributed by atoms with Gasteiger partial charge in [0.05, 0.1) is 13.3 Å². The van der Waals surface area contributed by atoms with E-state index in [1.807, 2.05) is 20.0 Å². The Labute approximate surface area is 98.9 Å². The van der Waals surface area contributed by atoms with E-state index in [0.29, 0.717) is 11.9 Å². The van der Waals surface area contributed by atoms with Crippen molar-refractivity contribution in [2.24, 2.45) is 0 Å². The van der Waals surface area contributed by atoms with Crippen LogP contribution >= 0.6 is 0 Å². The predicted octanol–water partition coefficient (Wildman–Crippen LogP) is 0.806. The van der Waals surface area contributed by atoms with E-state index in [4.69, 9.17) is 4.74 Å². The van der Waals surface area contributed by atoms with Crippen LogP contribution in [0.2, 0.25) is 0 Å². The lowest BCUT2D eigenvalue weighted by Crippen LogP contribution is -2.10. The molecule has 7 heteroatoms. The average molecular weight is 234 g/mol. The van der Waals surface area contributed by atoms with Crippen molar-refractivity contribution in [2.75, 3.05) is 19.0 Å². The first-order valence-electron chi connectivity index (χ1n) is 5.28. The van der Waals surface area contributed by atoms with Gasteiger partial charge < -0.3 is 10.1 Å². The molecular formula is C10H14N6O. The molecular weight excluding hydrogens is 220 g/mol. The Morgan fingerprint density at radius 3 is 2.76 bits per heavy atom. The lowest BCUT2D eigenvalue weighted by Gasteiger charge is -2.06. The highest BCUT2D eigenvalue weighted by Crippen LogP contribution is 2.10. The number of methoxy groups -OCH3 is 1. The predicted molar refractivity (Wildman–Crippen MR) is 62.4 cm³/mol. The fourth-order valence-electron chi connectivity index (χ4n) is 1.30. The number of hydrogen-bond donors (Lipinski definition) is 1. The fourth-order valence-corrected chi connectivity index (χ4v) is 1.30.